The monoisotopic (exact) mass is 196 g/mol. The van der Waals surface area contributed by atoms with Crippen LogP contribution < -0.4 is 5.73 Å². The van der Waals surface area contributed by atoms with E-state index in [-0.39, 0.29) is 0 Å². The number of nitrogens with two attached hydrogens (primary N) is 1. The molecule has 2 heterocycles. The van der Waals surface area contributed by atoms with E-state index >= 15 is 0 Å². The van der Waals surface area contributed by atoms with Crippen molar-refractivity contribution < 1.29 is 4.52 Å². The quantitative estimate of drug-likeness (QED) is 0.736. The van der Waals surface area contributed by atoms with Gasteiger partial charge in [0.05, 0.1) is 6.54 Å². The summed E-state index contributed by atoms with van der Waals surface area (Å²) in [5, 5.41) is 3.76. The molecule has 5 heteroatoms. The number of aryl methyl sites for hydroxylation is 1. The third-order valence-electron chi connectivity index (χ3n) is 2.47. The van der Waals surface area contributed by atoms with Crippen LogP contribution in [0, 0.1) is 6.92 Å². The van der Waals surface area contributed by atoms with Crippen molar-refractivity contribution in [3.8, 4) is 0 Å². The molecule has 0 aliphatic carbocycles. The van der Waals surface area contributed by atoms with Gasteiger partial charge in [-0.25, -0.2) is 0 Å². The lowest BCUT2D eigenvalue weighted by atomic mass is 10.1. The molecule has 2 rings (SSSR count). The van der Waals surface area contributed by atoms with Crippen LogP contribution in [0.1, 0.15) is 24.6 Å². The van der Waals surface area contributed by atoms with Gasteiger partial charge in [0.25, 0.3) is 0 Å². The average molecular weight is 196 g/mol. The van der Waals surface area contributed by atoms with Crippen LogP contribution in [0.3, 0.4) is 0 Å². The maximum Gasteiger partial charge on any atom is 0.240 e. The molecule has 0 aromatic carbocycles. The second kappa shape index (κ2) is 4.06. The van der Waals surface area contributed by atoms with Crippen molar-refractivity contribution in [3.63, 3.8) is 0 Å². The fourth-order valence-electron chi connectivity index (χ4n) is 1.83. The molecule has 14 heavy (non-hydrogen) atoms. The number of rotatable bonds is 2. The van der Waals surface area contributed by atoms with Crippen LogP contribution in [-0.4, -0.2) is 34.2 Å². The molecule has 1 aliphatic heterocycles. The molecule has 0 unspecified atom stereocenters. The minimum Gasteiger partial charge on any atom is -0.338 e. The van der Waals surface area contributed by atoms with E-state index in [1.165, 1.54) is 0 Å². The van der Waals surface area contributed by atoms with Crippen LogP contribution in [-0.2, 0) is 6.54 Å². The van der Waals surface area contributed by atoms with Crippen LogP contribution in [0.2, 0.25) is 0 Å². The minimum absolute atomic E-state index is 0.299. The highest BCUT2D eigenvalue weighted by Crippen LogP contribution is 2.11. The lowest BCUT2D eigenvalue weighted by molar-refractivity contribution is 0.178. The molecule has 1 fully saturated rings. The fourth-order valence-corrected chi connectivity index (χ4v) is 1.83. The van der Waals surface area contributed by atoms with E-state index in [0.717, 1.165) is 32.5 Å². The zero-order valence-corrected chi connectivity index (χ0v) is 8.44. The van der Waals surface area contributed by atoms with Crippen molar-refractivity contribution in [2.45, 2.75) is 32.4 Å². The highest BCUT2D eigenvalue weighted by atomic mass is 16.5. The Labute approximate surface area is 83.3 Å². The summed E-state index contributed by atoms with van der Waals surface area (Å²) in [4.78, 5) is 6.43. The van der Waals surface area contributed by atoms with E-state index in [0.29, 0.717) is 17.8 Å². The maximum atomic E-state index is 5.88. The number of piperidine rings is 1. The van der Waals surface area contributed by atoms with E-state index in [9.17, 15) is 0 Å². The van der Waals surface area contributed by atoms with Crippen LogP contribution in [0.5, 0.6) is 0 Å². The molecule has 0 radical (unpaired) electrons. The molecule has 0 bridgehead atoms. The first kappa shape index (κ1) is 9.61. The summed E-state index contributed by atoms with van der Waals surface area (Å²) >= 11 is 0. The highest BCUT2D eigenvalue weighted by Gasteiger charge is 2.18. The van der Waals surface area contributed by atoms with E-state index in [2.05, 4.69) is 15.0 Å². The van der Waals surface area contributed by atoms with Gasteiger partial charge in [-0.3, -0.25) is 4.90 Å². The second-order valence-electron chi connectivity index (χ2n) is 3.87. The predicted octanol–water partition coefficient (Wildman–Crippen LogP) is 0.301. The van der Waals surface area contributed by atoms with Crippen LogP contribution in [0.15, 0.2) is 4.52 Å². The molecule has 78 valence electrons. The molecule has 1 aliphatic rings. The van der Waals surface area contributed by atoms with Gasteiger partial charge in [0.15, 0.2) is 5.82 Å². The maximum absolute atomic E-state index is 5.88. The zero-order valence-electron chi connectivity index (χ0n) is 8.44. The molecule has 5 nitrogen and oxygen atoms in total. The van der Waals surface area contributed by atoms with Gasteiger partial charge in [-0.05, 0) is 26.3 Å². The predicted molar refractivity (Wildman–Crippen MR) is 51.5 cm³/mol. The standard InChI is InChI=1S/C9H16N4O/c1-7-11-9(14-12-7)6-13-4-2-3-8(10)5-13/h8H,2-6,10H2,1H3/t8-/m1/s1. The number of hydrogen-bond acceptors (Lipinski definition) is 5. The van der Waals surface area contributed by atoms with Gasteiger partial charge in [-0.2, -0.15) is 4.98 Å². The molecule has 1 aromatic rings. The second-order valence-corrected chi connectivity index (χ2v) is 3.87. The SMILES string of the molecule is Cc1noc(CN2CCC[C@@H](N)C2)n1. The van der Waals surface area contributed by atoms with Crippen LogP contribution in [0.4, 0.5) is 0 Å². The Morgan fingerprint density at radius 3 is 3.14 bits per heavy atom. The number of nitrogens with zero attached hydrogens (tertiary/aromatic N) is 3. The molecule has 0 saturated carbocycles. The van der Waals surface area contributed by atoms with Crippen LogP contribution in [0.25, 0.3) is 0 Å². The lowest BCUT2D eigenvalue weighted by Gasteiger charge is -2.29. The van der Waals surface area contributed by atoms with Gasteiger partial charge >= 0.3 is 0 Å². The molecule has 1 saturated heterocycles. The number of aromatic nitrogens is 2. The highest BCUT2D eigenvalue weighted by molar-refractivity contribution is 4.85. The molecule has 2 N–H and O–H groups in total. The van der Waals surface area contributed by atoms with Crippen molar-refractivity contribution in [1.29, 1.82) is 0 Å². The molecular formula is C9H16N4O. The van der Waals surface area contributed by atoms with Crippen molar-refractivity contribution in [2.75, 3.05) is 13.1 Å². The van der Waals surface area contributed by atoms with Gasteiger partial charge in [0, 0.05) is 12.6 Å². The molecule has 1 aromatic heterocycles. The third-order valence-corrected chi connectivity index (χ3v) is 2.47. The number of likely N-dealkylation sites (tertiary alicyclic amines) is 1. The summed E-state index contributed by atoms with van der Waals surface area (Å²) in [5.74, 6) is 1.39. The first-order chi connectivity index (χ1) is 6.74. The third kappa shape index (κ3) is 2.30. The van der Waals surface area contributed by atoms with E-state index in [4.69, 9.17) is 10.3 Å². The summed E-state index contributed by atoms with van der Waals surface area (Å²) in [5.41, 5.74) is 5.88. The largest absolute Gasteiger partial charge is 0.338 e. The summed E-state index contributed by atoms with van der Waals surface area (Å²) < 4.78 is 5.06. The van der Waals surface area contributed by atoms with Crippen molar-refractivity contribution in [1.82, 2.24) is 15.0 Å². The summed E-state index contributed by atoms with van der Waals surface area (Å²) in [6.45, 7) is 4.57. The van der Waals surface area contributed by atoms with Gasteiger partial charge in [-0.1, -0.05) is 5.16 Å². The van der Waals surface area contributed by atoms with E-state index < -0.39 is 0 Å². The molecule has 1 atom stereocenters. The Balaban J connectivity index is 1.90. The Morgan fingerprint density at radius 1 is 1.64 bits per heavy atom. The zero-order chi connectivity index (χ0) is 9.97. The normalized spacial score (nSPS) is 24.0. The van der Waals surface area contributed by atoms with Crippen molar-refractivity contribution in [2.24, 2.45) is 5.73 Å². The molecular weight excluding hydrogens is 180 g/mol. The van der Waals surface area contributed by atoms with Gasteiger partial charge in [0.1, 0.15) is 0 Å². The summed E-state index contributed by atoms with van der Waals surface area (Å²) in [6.07, 6.45) is 2.29. The minimum atomic E-state index is 0.299. The number of hydrogen-bond donors (Lipinski definition) is 1. The van der Waals surface area contributed by atoms with Crippen LogP contribution >= 0.6 is 0 Å². The molecule has 0 amide bonds. The van der Waals surface area contributed by atoms with Gasteiger partial charge < -0.3 is 10.3 Å². The van der Waals surface area contributed by atoms with E-state index in [1.807, 2.05) is 6.92 Å². The Kier molecular flexibility index (Phi) is 2.79. The van der Waals surface area contributed by atoms with E-state index in [1.54, 1.807) is 0 Å². The van der Waals surface area contributed by atoms with Crippen molar-refractivity contribution >= 4 is 0 Å². The Bertz CT molecular complexity index is 299. The summed E-state index contributed by atoms with van der Waals surface area (Å²) in [6, 6.07) is 0.299. The average Bonchev–Trinajstić information content (AvgIpc) is 2.51. The Morgan fingerprint density at radius 2 is 2.50 bits per heavy atom. The van der Waals surface area contributed by atoms with Gasteiger partial charge in [-0.15, -0.1) is 0 Å². The van der Waals surface area contributed by atoms with Crippen molar-refractivity contribution in [3.05, 3.63) is 11.7 Å². The lowest BCUT2D eigenvalue weighted by Crippen LogP contribution is -2.42. The topological polar surface area (TPSA) is 68.2 Å². The smallest absolute Gasteiger partial charge is 0.240 e. The first-order valence-corrected chi connectivity index (χ1v) is 5.01. The first-order valence-electron chi connectivity index (χ1n) is 5.01. The molecule has 0 spiro atoms. The van der Waals surface area contributed by atoms with Gasteiger partial charge in [0.2, 0.25) is 5.89 Å². The fraction of sp³-hybridized carbons (Fsp3) is 0.778. The summed E-state index contributed by atoms with van der Waals surface area (Å²) in [7, 11) is 0. The Hall–Kier alpha value is -0.940.